The lowest BCUT2D eigenvalue weighted by atomic mass is 9.92. The molecule has 140 valence electrons. The number of hydrazine groups is 1. The molecule has 1 aromatic heterocycles. The number of benzene rings is 2. The summed E-state index contributed by atoms with van der Waals surface area (Å²) in [6.07, 6.45) is 5.77. The summed E-state index contributed by atoms with van der Waals surface area (Å²) >= 11 is 0. The van der Waals surface area contributed by atoms with Crippen molar-refractivity contribution in [1.82, 2.24) is 14.8 Å². The summed E-state index contributed by atoms with van der Waals surface area (Å²) in [6.45, 7) is 0. The molecular formula is C20H21N3O3S. The van der Waals surface area contributed by atoms with Crippen molar-refractivity contribution in [2.45, 2.75) is 30.6 Å². The van der Waals surface area contributed by atoms with Gasteiger partial charge in [0.15, 0.2) is 0 Å². The van der Waals surface area contributed by atoms with E-state index in [1.807, 2.05) is 41.9 Å². The molecule has 1 aliphatic carbocycles. The number of para-hydroxylation sites is 1. The molecule has 1 amide bonds. The van der Waals surface area contributed by atoms with Gasteiger partial charge in [-0.05, 0) is 55.0 Å². The lowest BCUT2D eigenvalue weighted by Crippen LogP contribution is -2.41. The molecule has 0 spiro atoms. The van der Waals surface area contributed by atoms with Gasteiger partial charge in [0.2, 0.25) is 0 Å². The average Bonchev–Trinajstić information content (AvgIpc) is 3.03. The normalized spacial score (nSPS) is 14.1. The fourth-order valence-corrected chi connectivity index (χ4v) is 4.53. The van der Waals surface area contributed by atoms with Crippen LogP contribution in [-0.4, -0.2) is 18.9 Å². The fraction of sp³-hybridized carbons (Fsp3) is 0.250. The third-order valence-electron chi connectivity index (χ3n) is 5.07. The lowest BCUT2D eigenvalue weighted by molar-refractivity contribution is 0.0946. The Morgan fingerprint density at radius 3 is 2.59 bits per heavy atom. The Labute approximate surface area is 158 Å². The van der Waals surface area contributed by atoms with Gasteiger partial charge in [-0.25, -0.2) is 8.42 Å². The van der Waals surface area contributed by atoms with E-state index in [1.165, 1.54) is 5.56 Å². The number of hydrogen-bond acceptors (Lipinski definition) is 3. The molecule has 0 saturated carbocycles. The van der Waals surface area contributed by atoms with Gasteiger partial charge in [0.25, 0.3) is 15.9 Å². The van der Waals surface area contributed by atoms with E-state index in [9.17, 15) is 13.2 Å². The topological polar surface area (TPSA) is 80.2 Å². The molecule has 0 bridgehead atoms. The molecule has 7 heteroatoms. The third kappa shape index (κ3) is 3.36. The number of aryl methyl sites for hydroxylation is 3. The summed E-state index contributed by atoms with van der Waals surface area (Å²) < 4.78 is 27.0. The number of rotatable bonds is 4. The van der Waals surface area contributed by atoms with Crippen LogP contribution in [0.3, 0.4) is 0 Å². The number of hydrogen-bond donors (Lipinski definition) is 2. The third-order valence-corrected chi connectivity index (χ3v) is 6.32. The zero-order valence-corrected chi connectivity index (χ0v) is 15.8. The smallest absolute Gasteiger partial charge is 0.268 e. The highest BCUT2D eigenvalue weighted by atomic mass is 32.2. The van der Waals surface area contributed by atoms with Crippen LogP contribution in [0.25, 0.3) is 10.9 Å². The number of carbonyl (C=O) groups excluding carboxylic acids is 1. The first-order chi connectivity index (χ1) is 13.0. The van der Waals surface area contributed by atoms with Crippen LogP contribution in [0.15, 0.2) is 53.6 Å². The van der Waals surface area contributed by atoms with Crippen molar-refractivity contribution in [3.05, 3.63) is 65.4 Å². The average molecular weight is 383 g/mol. The van der Waals surface area contributed by atoms with Crippen LogP contribution in [0.1, 0.15) is 34.3 Å². The first-order valence-electron chi connectivity index (χ1n) is 8.94. The number of carbonyl (C=O) groups is 1. The van der Waals surface area contributed by atoms with Crippen LogP contribution in [-0.2, 0) is 29.9 Å². The molecule has 4 rings (SSSR count). The second-order valence-electron chi connectivity index (χ2n) is 6.87. The van der Waals surface area contributed by atoms with Gasteiger partial charge in [-0.1, -0.05) is 24.3 Å². The molecule has 3 aromatic rings. The van der Waals surface area contributed by atoms with E-state index in [-0.39, 0.29) is 4.90 Å². The van der Waals surface area contributed by atoms with E-state index < -0.39 is 15.9 Å². The predicted octanol–water partition coefficient (Wildman–Crippen LogP) is 2.68. The predicted molar refractivity (Wildman–Crippen MR) is 104 cm³/mol. The minimum atomic E-state index is -3.83. The van der Waals surface area contributed by atoms with E-state index in [0.29, 0.717) is 5.56 Å². The SMILES string of the molecule is Cn1cc(C(=O)NNS(=O)(=O)c2ccc3c(c2)CCCC3)c2ccccc21. The van der Waals surface area contributed by atoms with E-state index in [4.69, 9.17) is 0 Å². The van der Waals surface area contributed by atoms with Crippen LogP contribution in [0.5, 0.6) is 0 Å². The molecule has 2 N–H and O–H groups in total. The molecular weight excluding hydrogens is 362 g/mol. The molecule has 0 atom stereocenters. The van der Waals surface area contributed by atoms with Crippen molar-refractivity contribution in [3.63, 3.8) is 0 Å². The van der Waals surface area contributed by atoms with Crippen molar-refractivity contribution < 1.29 is 13.2 Å². The number of amides is 1. The zero-order chi connectivity index (χ0) is 19.0. The van der Waals surface area contributed by atoms with Crippen molar-refractivity contribution in [2.75, 3.05) is 0 Å². The van der Waals surface area contributed by atoms with E-state index in [1.54, 1.807) is 18.3 Å². The standard InChI is InChI=1S/C20H21N3O3S/c1-23-13-18(17-8-4-5-9-19(17)23)20(24)21-22-27(25,26)16-11-10-14-6-2-3-7-15(14)12-16/h4-5,8-13,22H,2-3,6-7H2,1H3,(H,21,24). The van der Waals surface area contributed by atoms with Gasteiger partial charge in [0, 0.05) is 24.1 Å². The summed E-state index contributed by atoms with van der Waals surface area (Å²) in [5.41, 5.74) is 5.94. The van der Waals surface area contributed by atoms with Crippen LogP contribution >= 0.6 is 0 Å². The van der Waals surface area contributed by atoms with Gasteiger partial charge in [-0.3, -0.25) is 10.2 Å². The summed E-state index contributed by atoms with van der Waals surface area (Å²) in [4.78, 5) is 14.9. The molecule has 2 aromatic carbocycles. The Kier molecular flexibility index (Phi) is 4.49. The van der Waals surface area contributed by atoms with Crippen molar-refractivity contribution in [2.24, 2.45) is 7.05 Å². The summed E-state index contributed by atoms with van der Waals surface area (Å²) in [7, 11) is -1.99. The Hall–Kier alpha value is -2.64. The van der Waals surface area contributed by atoms with E-state index in [2.05, 4.69) is 10.3 Å². The molecule has 27 heavy (non-hydrogen) atoms. The quantitative estimate of drug-likeness (QED) is 0.680. The Morgan fingerprint density at radius 2 is 1.78 bits per heavy atom. The monoisotopic (exact) mass is 383 g/mol. The van der Waals surface area contributed by atoms with Gasteiger partial charge >= 0.3 is 0 Å². The van der Waals surface area contributed by atoms with Crippen molar-refractivity contribution >= 4 is 26.8 Å². The maximum atomic E-state index is 12.6. The largest absolute Gasteiger partial charge is 0.350 e. The Bertz CT molecular complexity index is 1130. The molecule has 0 aliphatic heterocycles. The van der Waals surface area contributed by atoms with Gasteiger partial charge in [0.1, 0.15) is 0 Å². The molecule has 0 unspecified atom stereocenters. The number of fused-ring (bicyclic) bond motifs is 2. The van der Waals surface area contributed by atoms with Crippen LogP contribution in [0.4, 0.5) is 0 Å². The van der Waals surface area contributed by atoms with Crippen LogP contribution in [0, 0.1) is 0 Å². The summed E-state index contributed by atoms with van der Waals surface area (Å²) in [6, 6.07) is 12.7. The Morgan fingerprint density at radius 1 is 1.04 bits per heavy atom. The molecule has 1 heterocycles. The second kappa shape index (κ2) is 6.83. The highest BCUT2D eigenvalue weighted by Crippen LogP contribution is 2.24. The lowest BCUT2D eigenvalue weighted by Gasteiger charge is -2.16. The molecule has 0 saturated heterocycles. The van der Waals surface area contributed by atoms with Crippen molar-refractivity contribution in [1.29, 1.82) is 0 Å². The van der Waals surface area contributed by atoms with Gasteiger partial charge in [-0.15, -0.1) is 4.83 Å². The summed E-state index contributed by atoms with van der Waals surface area (Å²) in [5.74, 6) is -0.492. The fourth-order valence-electron chi connectivity index (χ4n) is 3.64. The first-order valence-corrected chi connectivity index (χ1v) is 10.4. The molecule has 0 fully saturated rings. The molecule has 0 radical (unpaired) electrons. The maximum Gasteiger partial charge on any atom is 0.268 e. The van der Waals surface area contributed by atoms with Crippen LogP contribution < -0.4 is 10.3 Å². The maximum absolute atomic E-state index is 12.6. The molecule has 6 nitrogen and oxygen atoms in total. The second-order valence-corrected chi connectivity index (χ2v) is 8.55. The van der Waals surface area contributed by atoms with Gasteiger partial charge in [-0.2, -0.15) is 0 Å². The van der Waals surface area contributed by atoms with Gasteiger partial charge < -0.3 is 4.57 Å². The Balaban J connectivity index is 1.54. The van der Waals surface area contributed by atoms with E-state index >= 15 is 0 Å². The van der Waals surface area contributed by atoms with Crippen molar-refractivity contribution in [3.8, 4) is 0 Å². The first kappa shape index (κ1) is 17.8. The number of nitrogens with one attached hydrogen (secondary N) is 2. The summed E-state index contributed by atoms with van der Waals surface area (Å²) in [5, 5.41) is 0.769. The zero-order valence-electron chi connectivity index (χ0n) is 15.0. The van der Waals surface area contributed by atoms with Gasteiger partial charge in [0.05, 0.1) is 10.5 Å². The number of aromatic nitrogens is 1. The highest BCUT2D eigenvalue weighted by Gasteiger charge is 2.20. The number of nitrogens with zero attached hydrogens (tertiary/aromatic N) is 1. The minimum absolute atomic E-state index is 0.168. The minimum Gasteiger partial charge on any atom is -0.350 e. The van der Waals surface area contributed by atoms with Crippen LogP contribution in [0.2, 0.25) is 0 Å². The highest BCUT2D eigenvalue weighted by molar-refractivity contribution is 7.89. The number of sulfonamides is 1. The van der Waals surface area contributed by atoms with E-state index in [0.717, 1.165) is 42.1 Å². The molecule has 1 aliphatic rings.